The Hall–Kier alpha value is -1.95. The molecule has 0 spiro atoms. The van der Waals surface area contributed by atoms with Crippen LogP contribution in [-0.2, 0) is 14.3 Å². The van der Waals surface area contributed by atoms with Gasteiger partial charge in [-0.3, -0.25) is 9.59 Å². The average Bonchev–Trinajstić information content (AvgIpc) is 3.05. The van der Waals surface area contributed by atoms with E-state index in [1.165, 1.54) is 17.0 Å². The fourth-order valence-corrected chi connectivity index (χ4v) is 3.09. The highest BCUT2D eigenvalue weighted by molar-refractivity contribution is 5.86. The molecule has 0 radical (unpaired) electrons. The summed E-state index contributed by atoms with van der Waals surface area (Å²) >= 11 is 0. The molecule has 2 saturated heterocycles. The molecular formula is C16H19FN2O3. The first-order valence-corrected chi connectivity index (χ1v) is 7.49. The smallest absolute Gasteiger partial charge is 0.254 e. The quantitative estimate of drug-likeness (QED) is 0.828. The van der Waals surface area contributed by atoms with Gasteiger partial charge in [0, 0.05) is 20.1 Å². The predicted octanol–water partition coefficient (Wildman–Crippen LogP) is 1.35. The number of rotatable bonds is 2. The minimum absolute atomic E-state index is 0.0915. The summed E-state index contributed by atoms with van der Waals surface area (Å²) in [7, 11) is 1.66. The van der Waals surface area contributed by atoms with Crippen molar-refractivity contribution in [3.63, 3.8) is 0 Å². The number of likely N-dealkylation sites (tertiary alicyclic amines) is 1. The molecule has 1 aromatic rings. The standard InChI is InChI=1S/C16H19FN2O3/c1-18-13(20)10-22-15(16(21)19-8-2-3-9-19)14(18)11-4-6-12(17)7-5-11/h4-7,14-15H,2-3,8-10H2,1H3/t14-,15+/m0/s1. The number of benzene rings is 1. The molecule has 0 saturated carbocycles. The van der Waals surface area contributed by atoms with Gasteiger partial charge in [-0.15, -0.1) is 0 Å². The number of halogens is 1. The predicted molar refractivity (Wildman–Crippen MR) is 77.5 cm³/mol. The Morgan fingerprint density at radius 2 is 1.86 bits per heavy atom. The lowest BCUT2D eigenvalue weighted by molar-refractivity contribution is -0.166. The number of likely N-dealkylation sites (N-methyl/N-ethyl adjacent to an activating group) is 1. The lowest BCUT2D eigenvalue weighted by Crippen LogP contribution is -2.53. The largest absolute Gasteiger partial charge is 0.356 e. The first kappa shape index (κ1) is 15.0. The Labute approximate surface area is 128 Å². The molecule has 0 N–H and O–H groups in total. The van der Waals surface area contributed by atoms with Crippen LogP contribution in [0.4, 0.5) is 4.39 Å². The van der Waals surface area contributed by atoms with E-state index < -0.39 is 12.1 Å². The van der Waals surface area contributed by atoms with Crippen molar-refractivity contribution in [1.82, 2.24) is 9.80 Å². The maximum Gasteiger partial charge on any atom is 0.254 e. The monoisotopic (exact) mass is 306 g/mol. The van der Waals surface area contributed by atoms with Crippen LogP contribution in [0.3, 0.4) is 0 Å². The van der Waals surface area contributed by atoms with Crippen molar-refractivity contribution < 1.29 is 18.7 Å². The third-order valence-corrected chi connectivity index (χ3v) is 4.36. The molecule has 2 heterocycles. The highest BCUT2D eigenvalue weighted by Gasteiger charge is 2.42. The third kappa shape index (κ3) is 2.70. The van der Waals surface area contributed by atoms with E-state index in [1.54, 1.807) is 24.1 Å². The summed E-state index contributed by atoms with van der Waals surface area (Å²) in [5.41, 5.74) is 0.703. The van der Waals surface area contributed by atoms with Crippen molar-refractivity contribution >= 4 is 11.8 Å². The number of hydrogen-bond acceptors (Lipinski definition) is 3. The maximum atomic E-state index is 13.1. The van der Waals surface area contributed by atoms with Crippen LogP contribution in [0.2, 0.25) is 0 Å². The third-order valence-electron chi connectivity index (χ3n) is 4.36. The minimum Gasteiger partial charge on any atom is -0.356 e. The summed E-state index contributed by atoms with van der Waals surface area (Å²) in [6.45, 7) is 1.36. The Bertz CT molecular complexity index is 569. The van der Waals surface area contributed by atoms with Gasteiger partial charge in [-0.1, -0.05) is 12.1 Å². The Balaban J connectivity index is 1.90. The van der Waals surface area contributed by atoms with Crippen LogP contribution in [-0.4, -0.2) is 54.5 Å². The van der Waals surface area contributed by atoms with Gasteiger partial charge in [-0.05, 0) is 30.5 Å². The lowest BCUT2D eigenvalue weighted by atomic mass is 9.97. The van der Waals surface area contributed by atoms with E-state index in [4.69, 9.17) is 4.74 Å². The molecule has 0 unspecified atom stereocenters. The zero-order valence-electron chi connectivity index (χ0n) is 12.5. The van der Waals surface area contributed by atoms with Crippen LogP contribution in [0.5, 0.6) is 0 Å². The van der Waals surface area contributed by atoms with Crippen molar-refractivity contribution in [2.45, 2.75) is 25.0 Å². The second-order valence-electron chi connectivity index (χ2n) is 5.77. The van der Waals surface area contributed by atoms with Crippen molar-refractivity contribution in [3.8, 4) is 0 Å². The Morgan fingerprint density at radius 1 is 1.23 bits per heavy atom. The SMILES string of the molecule is CN1C(=O)CO[C@@H](C(=O)N2CCCC2)[C@@H]1c1ccc(F)cc1. The summed E-state index contributed by atoms with van der Waals surface area (Å²) in [5, 5.41) is 0. The molecule has 2 aliphatic heterocycles. The van der Waals surface area contributed by atoms with E-state index >= 15 is 0 Å². The molecule has 0 aromatic heterocycles. The van der Waals surface area contributed by atoms with E-state index in [1.807, 2.05) is 0 Å². The first-order valence-electron chi connectivity index (χ1n) is 7.49. The summed E-state index contributed by atoms with van der Waals surface area (Å²) in [5.74, 6) is -0.622. The minimum atomic E-state index is -0.730. The molecule has 2 fully saturated rings. The molecule has 2 atom stereocenters. The lowest BCUT2D eigenvalue weighted by Gasteiger charge is -2.39. The van der Waals surface area contributed by atoms with Crippen molar-refractivity contribution in [2.24, 2.45) is 0 Å². The topological polar surface area (TPSA) is 49.9 Å². The summed E-state index contributed by atoms with van der Waals surface area (Å²) < 4.78 is 18.7. The number of morpholine rings is 1. The molecule has 0 bridgehead atoms. The van der Waals surface area contributed by atoms with Crippen LogP contribution in [0.1, 0.15) is 24.4 Å². The number of ether oxygens (including phenoxy) is 1. The first-order chi connectivity index (χ1) is 10.6. The van der Waals surface area contributed by atoms with Crippen LogP contribution in [0.25, 0.3) is 0 Å². The second kappa shape index (κ2) is 6.04. The van der Waals surface area contributed by atoms with Crippen LogP contribution in [0.15, 0.2) is 24.3 Å². The molecule has 118 valence electrons. The van der Waals surface area contributed by atoms with Crippen LogP contribution >= 0.6 is 0 Å². The number of carbonyl (C=O) groups is 2. The summed E-state index contributed by atoms with van der Waals surface area (Å²) in [6, 6.07) is 5.35. The highest BCUT2D eigenvalue weighted by Crippen LogP contribution is 2.31. The van der Waals surface area contributed by atoms with Crippen molar-refractivity contribution in [2.75, 3.05) is 26.7 Å². The number of amides is 2. The number of carbonyl (C=O) groups excluding carboxylic acids is 2. The van der Waals surface area contributed by atoms with Gasteiger partial charge in [0.25, 0.3) is 5.91 Å². The van der Waals surface area contributed by atoms with Crippen molar-refractivity contribution in [3.05, 3.63) is 35.6 Å². The van der Waals surface area contributed by atoms with Gasteiger partial charge in [0.05, 0.1) is 6.04 Å². The van der Waals surface area contributed by atoms with E-state index in [0.717, 1.165) is 25.9 Å². The Morgan fingerprint density at radius 3 is 2.50 bits per heavy atom. The Kier molecular flexibility index (Phi) is 4.11. The van der Waals surface area contributed by atoms with Gasteiger partial charge in [0.1, 0.15) is 12.4 Å². The molecule has 3 rings (SSSR count). The van der Waals surface area contributed by atoms with Gasteiger partial charge in [-0.25, -0.2) is 4.39 Å². The van der Waals surface area contributed by atoms with Gasteiger partial charge in [0.15, 0.2) is 6.10 Å². The zero-order valence-corrected chi connectivity index (χ0v) is 12.5. The molecule has 0 aliphatic carbocycles. The van der Waals surface area contributed by atoms with E-state index in [0.29, 0.717) is 5.56 Å². The highest BCUT2D eigenvalue weighted by atomic mass is 19.1. The molecule has 6 heteroatoms. The number of nitrogens with zero attached hydrogens (tertiary/aromatic N) is 2. The fraction of sp³-hybridized carbons (Fsp3) is 0.500. The molecular weight excluding hydrogens is 287 g/mol. The number of hydrogen-bond donors (Lipinski definition) is 0. The van der Waals surface area contributed by atoms with Gasteiger partial charge < -0.3 is 14.5 Å². The fourth-order valence-electron chi connectivity index (χ4n) is 3.09. The molecule has 22 heavy (non-hydrogen) atoms. The normalized spacial score (nSPS) is 25.6. The van der Waals surface area contributed by atoms with Crippen LogP contribution in [0, 0.1) is 5.82 Å². The summed E-state index contributed by atoms with van der Waals surface area (Å²) in [6.07, 6.45) is 1.26. The van der Waals surface area contributed by atoms with Gasteiger partial charge in [-0.2, -0.15) is 0 Å². The van der Waals surface area contributed by atoms with Crippen LogP contribution < -0.4 is 0 Å². The van der Waals surface area contributed by atoms with Gasteiger partial charge >= 0.3 is 0 Å². The second-order valence-corrected chi connectivity index (χ2v) is 5.77. The maximum absolute atomic E-state index is 13.1. The molecule has 5 nitrogen and oxygen atoms in total. The summed E-state index contributed by atoms with van der Waals surface area (Å²) in [4.78, 5) is 27.9. The molecule has 1 aromatic carbocycles. The van der Waals surface area contributed by atoms with Crippen molar-refractivity contribution in [1.29, 1.82) is 0 Å². The molecule has 2 amide bonds. The average molecular weight is 306 g/mol. The molecule has 2 aliphatic rings. The van der Waals surface area contributed by atoms with E-state index in [-0.39, 0.29) is 24.2 Å². The van der Waals surface area contributed by atoms with Gasteiger partial charge in [0.2, 0.25) is 5.91 Å². The zero-order chi connectivity index (χ0) is 15.7. The van der Waals surface area contributed by atoms with E-state index in [9.17, 15) is 14.0 Å². The van der Waals surface area contributed by atoms with E-state index in [2.05, 4.69) is 0 Å².